The fraction of sp³-hybridized carbons (Fsp3) is 0.632. The number of nitrogens with one attached hydrogen (secondary N) is 2. The van der Waals surface area contributed by atoms with E-state index in [-0.39, 0.29) is 24.0 Å². The molecule has 0 aromatic heterocycles. The lowest BCUT2D eigenvalue weighted by atomic mass is 10.0. The Morgan fingerprint density at radius 1 is 1.00 bits per heavy atom. The third-order valence-electron chi connectivity index (χ3n) is 4.41. The molecule has 1 aromatic rings. The van der Waals surface area contributed by atoms with Crippen LogP contribution in [0.15, 0.2) is 17.1 Å². The predicted octanol–water partition coefficient (Wildman–Crippen LogP) is 3.47. The summed E-state index contributed by atoms with van der Waals surface area (Å²) in [6, 6.07) is 3.90. The van der Waals surface area contributed by atoms with E-state index in [1.807, 2.05) is 12.1 Å². The summed E-state index contributed by atoms with van der Waals surface area (Å²) < 4.78 is 16.3. The molecule has 0 fully saturated rings. The van der Waals surface area contributed by atoms with E-state index >= 15 is 0 Å². The van der Waals surface area contributed by atoms with Crippen molar-refractivity contribution < 1.29 is 14.2 Å². The zero-order valence-corrected chi connectivity index (χ0v) is 19.2. The zero-order valence-electron chi connectivity index (χ0n) is 16.8. The van der Waals surface area contributed by atoms with Gasteiger partial charge >= 0.3 is 0 Å². The lowest BCUT2D eigenvalue weighted by Crippen LogP contribution is -2.40. The number of hydrogen-bond donors (Lipinski definition) is 2. The summed E-state index contributed by atoms with van der Waals surface area (Å²) in [5, 5.41) is 6.74. The van der Waals surface area contributed by atoms with Gasteiger partial charge in [0.1, 0.15) is 0 Å². The zero-order chi connectivity index (χ0) is 18.7. The first-order valence-electron chi connectivity index (χ1n) is 8.87. The van der Waals surface area contributed by atoms with Gasteiger partial charge in [-0.3, -0.25) is 4.99 Å². The molecule has 0 saturated carbocycles. The number of ether oxygens (including phenoxy) is 3. The highest BCUT2D eigenvalue weighted by atomic mass is 127. The van der Waals surface area contributed by atoms with Gasteiger partial charge in [-0.2, -0.15) is 0 Å². The van der Waals surface area contributed by atoms with Gasteiger partial charge in [0.25, 0.3) is 0 Å². The molecule has 0 aliphatic rings. The molecule has 6 nitrogen and oxygen atoms in total. The van der Waals surface area contributed by atoms with Gasteiger partial charge in [0.05, 0.1) is 21.3 Å². The first kappa shape index (κ1) is 24.6. The predicted molar refractivity (Wildman–Crippen MR) is 119 cm³/mol. The van der Waals surface area contributed by atoms with Gasteiger partial charge in [0, 0.05) is 25.7 Å². The third kappa shape index (κ3) is 7.09. The van der Waals surface area contributed by atoms with Crippen molar-refractivity contribution in [3.8, 4) is 17.2 Å². The minimum atomic E-state index is 0. The van der Waals surface area contributed by atoms with Crippen LogP contribution in [0.2, 0.25) is 0 Å². The maximum absolute atomic E-state index is 5.52. The highest BCUT2D eigenvalue weighted by Gasteiger charge is 2.15. The summed E-state index contributed by atoms with van der Waals surface area (Å²) in [7, 11) is 6.67. The van der Waals surface area contributed by atoms with Crippen molar-refractivity contribution in [2.45, 2.75) is 33.1 Å². The average Bonchev–Trinajstić information content (AvgIpc) is 2.66. The quantitative estimate of drug-likeness (QED) is 0.306. The number of aliphatic imine (C=N–C) groups is 1. The second-order valence-corrected chi connectivity index (χ2v) is 5.81. The molecule has 26 heavy (non-hydrogen) atoms. The van der Waals surface area contributed by atoms with Gasteiger partial charge in [0.2, 0.25) is 5.75 Å². The van der Waals surface area contributed by atoms with Crippen LogP contribution in [-0.2, 0) is 6.42 Å². The largest absolute Gasteiger partial charge is 0.493 e. The van der Waals surface area contributed by atoms with Crippen LogP contribution in [0.5, 0.6) is 17.2 Å². The molecule has 150 valence electrons. The fourth-order valence-electron chi connectivity index (χ4n) is 2.71. The third-order valence-corrected chi connectivity index (χ3v) is 4.41. The van der Waals surface area contributed by atoms with Crippen molar-refractivity contribution >= 4 is 29.9 Å². The normalized spacial score (nSPS) is 11.0. The molecule has 0 heterocycles. The molecule has 0 spiro atoms. The number of nitrogens with zero attached hydrogens (tertiary/aromatic N) is 1. The monoisotopic (exact) mass is 479 g/mol. The molecule has 0 saturated heterocycles. The van der Waals surface area contributed by atoms with Crippen LogP contribution in [0.3, 0.4) is 0 Å². The molecule has 0 radical (unpaired) electrons. The van der Waals surface area contributed by atoms with Crippen LogP contribution in [-0.4, -0.2) is 47.4 Å². The lowest BCUT2D eigenvalue weighted by Gasteiger charge is -2.18. The van der Waals surface area contributed by atoms with E-state index in [1.165, 1.54) is 12.8 Å². The van der Waals surface area contributed by atoms with Crippen molar-refractivity contribution in [3.05, 3.63) is 17.7 Å². The molecule has 0 amide bonds. The van der Waals surface area contributed by atoms with Crippen LogP contribution in [0.1, 0.15) is 32.3 Å². The summed E-state index contributed by atoms with van der Waals surface area (Å²) in [5.74, 6) is 3.50. The van der Waals surface area contributed by atoms with Crippen molar-refractivity contribution in [3.63, 3.8) is 0 Å². The second-order valence-electron chi connectivity index (χ2n) is 5.81. The van der Waals surface area contributed by atoms with Crippen LogP contribution in [0.25, 0.3) is 0 Å². The molecule has 0 aliphatic heterocycles. The van der Waals surface area contributed by atoms with E-state index < -0.39 is 0 Å². The Kier molecular flexibility index (Phi) is 13.0. The highest BCUT2D eigenvalue weighted by Crippen LogP contribution is 2.39. The van der Waals surface area contributed by atoms with Crippen LogP contribution >= 0.6 is 24.0 Å². The van der Waals surface area contributed by atoms with E-state index in [4.69, 9.17) is 14.2 Å². The second kappa shape index (κ2) is 13.8. The van der Waals surface area contributed by atoms with Crippen molar-refractivity contribution in [2.75, 3.05) is 41.5 Å². The SMILES string of the molecule is CCC(CC)CNC(=NC)NCCc1ccc(OC)c(OC)c1OC.I. The lowest BCUT2D eigenvalue weighted by molar-refractivity contribution is 0.322. The van der Waals surface area contributed by atoms with Gasteiger partial charge in [0.15, 0.2) is 17.5 Å². The Morgan fingerprint density at radius 3 is 2.15 bits per heavy atom. The molecule has 1 aromatic carbocycles. The summed E-state index contributed by atoms with van der Waals surface area (Å²) in [5.41, 5.74) is 1.06. The number of benzene rings is 1. The van der Waals surface area contributed by atoms with E-state index in [1.54, 1.807) is 28.4 Å². The first-order valence-corrected chi connectivity index (χ1v) is 8.87. The molecule has 2 N–H and O–H groups in total. The summed E-state index contributed by atoms with van der Waals surface area (Å²) in [6.07, 6.45) is 3.13. The number of guanidine groups is 1. The Morgan fingerprint density at radius 2 is 1.65 bits per heavy atom. The van der Waals surface area contributed by atoms with Gasteiger partial charge < -0.3 is 24.8 Å². The van der Waals surface area contributed by atoms with E-state index in [0.29, 0.717) is 23.2 Å². The van der Waals surface area contributed by atoms with Crippen LogP contribution < -0.4 is 24.8 Å². The topological polar surface area (TPSA) is 64.1 Å². The molecule has 7 heteroatoms. The summed E-state index contributed by atoms with van der Waals surface area (Å²) in [4.78, 5) is 4.28. The molecule has 0 bridgehead atoms. The number of rotatable bonds is 10. The van der Waals surface area contributed by atoms with Gasteiger partial charge in [-0.1, -0.05) is 32.8 Å². The van der Waals surface area contributed by atoms with Crippen LogP contribution in [0.4, 0.5) is 0 Å². The van der Waals surface area contributed by atoms with Crippen molar-refractivity contribution in [2.24, 2.45) is 10.9 Å². The van der Waals surface area contributed by atoms with Crippen molar-refractivity contribution in [1.82, 2.24) is 10.6 Å². The summed E-state index contributed by atoms with van der Waals surface area (Å²) in [6.45, 7) is 6.12. The number of hydrogen-bond acceptors (Lipinski definition) is 4. The minimum Gasteiger partial charge on any atom is -0.493 e. The highest BCUT2D eigenvalue weighted by molar-refractivity contribution is 14.0. The fourth-order valence-corrected chi connectivity index (χ4v) is 2.71. The molecule has 1 rings (SSSR count). The minimum absolute atomic E-state index is 0. The van der Waals surface area contributed by atoms with E-state index in [2.05, 4.69) is 29.5 Å². The maximum Gasteiger partial charge on any atom is 0.203 e. The van der Waals surface area contributed by atoms with Gasteiger partial charge in [-0.05, 0) is 18.4 Å². The van der Waals surface area contributed by atoms with Gasteiger partial charge in [-0.25, -0.2) is 0 Å². The Bertz CT molecular complexity index is 549. The molecule has 0 atom stereocenters. The smallest absolute Gasteiger partial charge is 0.203 e. The van der Waals surface area contributed by atoms with Crippen molar-refractivity contribution in [1.29, 1.82) is 0 Å². The maximum atomic E-state index is 5.52. The van der Waals surface area contributed by atoms with E-state index in [0.717, 1.165) is 31.0 Å². The number of halogens is 1. The first-order chi connectivity index (χ1) is 12.1. The molecule has 0 unspecified atom stereocenters. The Hall–Kier alpha value is -1.38. The van der Waals surface area contributed by atoms with Crippen LogP contribution in [0, 0.1) is 5.92 Å². The average molecular weight is 479 g/mol. The molecule has 0 aliphatic carbocycles. The standard InChI is InChI=1S/C19H33N3O3.HI/c1-7-14(8-2)13-22-19(20-3)21-12-11-15-9-10-16(23-4)18(25-6)17(15)24-5;/h9-10,14H,7-8,11-13H2,1-6H3,(H2,20,21,22);1H. The molecular weight excluding hydrogens is 445 g/mol. The van der Waals surface area contributed by atoms with E-state index in [9.17, 15) is 0 Å². The summed E-state index contributed by atoms with van der Waals surface area (Å²) >= 11 is 0. The number of methoxy groups -OCH3 is 3. The molecular formula is C19H34IN3O3. The van der Waals surface area contributed by atoms with Gasteiger partial charge in [-0.15, -0.1) is 24.0 Å². The Balaban J connectivity index is 0.00000625. The Labute approximate surface area is 175 Å².